The summed E-state index contributed by atoms with van der Waals surface area (Å²) in [7, 11) is 0. The molecule has 0 saturated heterocycles. The topological polar surface area (TPSA) is 55.1 Å². The summed E-state index contributed by atoms with van der Waals surface area (Å²) in [4.78, 5) is 11.2. The Kier molecular flexibility index (Phi) is 7.22. The number of carbonyl (C=O) groups is 1. The second-order valence-electron chi connectivity index (χ2n) is 4.45. The van der Waals surface area contributed by atoms with Gasteiger partial charge in [-0.15, -0.1) is 0 Å². The van der Waals surface area contributed by atoms with Gasteiger partial charge in [0.1, 0.15) is 0 Å². The third-order valence-electron chi connectivity index (χ3n) is 2.13. The molecule has 0 atom stereocenters. The highest BCUT2D eigenvalue weighted by atomic mass is 16.1. The van der Waals surface area contributed by atoms with Crippen molar-refractivity contribution in [2.75, 3.05) is 6.54 Å². The van der Waals surface area contributed by atoms with E-state index >= 15 is 0 Å². The van der Waals surface area contributed by atoms with E-state index in [0.29, 0.717) is 0 Å². The SMILES string of the molecule is CC(C)(NC(=O)CN)c1ccccc1.CCC. The van der Waals surface area contributed by atoms with Crippen LogP contribution in [0.15, 0.2) is 30.3 Å². The van der Waals surface area contributed by atoms with Crippen molar-refractivity contribution in [2.24, 2.45) is 5.73 Å². The van der Waals surface area contributed by atoms with Crippen LogP contribution in [0.25, 0.3) is 0 Å². The normalized spacial score (nSPS) is 10.2. The third kappa shape index (κ3) is 6.07. The zero-order valence-corrected chi connectivity index (χ0v) is 11.3. The smallest absolute Gasteiger partial charge is 0.234 e. The predicted molar refractivity (Wildman–Crippen MR) is 72.6 cm³/mol. The first-order valence-corrected chi connectivity index (χ1v) is 6.04. The summed E-state index contributed by atoms with van der Waals surface area (Å²) in [5, 5.41) is 2.86. The van der Waals surface area contributed by atoms with Crippen molar-refractivity contribution in [3.63, 3.8) is 0 Å². The number of rotatable bonds is 3. The van der Waals surface area contributed by atoms with Crippen LogP contribution >= 0.6 is 0 Å². The van der Waals surface area contributed by atoms with Gasteiger partial charge in [0.15, 0.2) is 0 Å². The largest absolute Gasteiger partial charge is 0.346 e. The lowest BCUT2D eigenvalue weighted by Gasteiger charge is -2.26. The maximum atomic E-state index is 11.2. The lowest BCUT2D eigenvalue weighted by Crippen LogP contribution is -2.43. The summed E-state index contributed by atoms with van der Waals surface area (Å²) in [6.07, 6.45) is 1.25. The molecule has 0 radical (unpaired) electrons. The van der Waals surface area contributed by atoms with Gasteiger partial charge in [0.05, 0.1) is 12.1 Å². The van der Waals surface area contributed by atoms with Gasteiger partial charge in [0.25, 0.3) is 0 Å². The highest BCUT2D eigenvalue weighted by molar-refractivity contribution is 5.78. The summed E-state index contributed by atoms with van der Waals surface area (Å²) in [6.45, 7) is 8.18. The number of hydrogen-bond donors (Lipinski definition) is 2. The van der Waals surface area contributed by atoms with Crippen LogP contribution in [0.1, 0.15) is 39.7 Å². The predicted octanol–water partition coefficient (Wildman–Crippen LogP) is 2.41. The van der Waals surface area contributed by atoms with Crippen LogP contribution in [-0.2, 0) is 10.3 Å². The Balaban J connectivity index is 0.000000770. The van der Waals surface area contributed by atoms with Crippen LogP contribution in [0.2, 0.25) is 0 Å². The second kappa shape index (κ2) is 7.85. The minimum absolute atomic E-state index is 0.0241. The molecule has 96 valence electrons. The van der Waals surface area contributed by atoms with E-state index in [9.17, 15) is 4.79 Å². The number of hydrogen-bond acceptors (Lipinski definition) is 2. The standard InChI is InChI=1S/C11H16N2O.C3H8/c1-11(2,13-10(14)8-12)9-6-4-3-5-7-9;1-3-2/h3-7H,8,12H2,1-2H3,(H,13,14);3H2,1-2H3. The summed E-state index contributed by atoms with van der Waals surface area (Å²) in [6, 6.07) is 9.81. The van der Waals surface area contributed by atoms with Crippen molar-refractivity contribution in [2.45, 2.75) is 39.7 Å². The van der Waals surface area contributed by atoms with Crippen molar-refractivity contribution < 1.29 is 4.79 Å². The molecule has 0 aliphatic carbocycles. The molecule has 1 aromatic carbocycles. The van der Waals surface area contributed by atoms with Gasteiger partial charge in [-0.2, -0.15) is 0 Å². The molecule has 3 heteroatoms. The van der Waals surface area contributed by atoms with Gasteiger partial charge in [-0.1, -0.05) is 50.6 Å². The molecule has 0 heterocycles. The number of amides is 1. The Morgan fingerprint density at radius 2 is 1.71 bits per heavy atom. The van der Waals surface area contributed by atoms with Crippen molar-refractivity contribution in [1.29, 1.82) is 0 Å². The van der Waals surface area contributed by atoms with E-state index in [2.05, 4.69) is 19.2 Å². The van der Waals surface area contributed by atoms with Gasteiger partial charge in [0, 0.05) is 0 Å². The molecule has 1 amide bonds. The zero-order chi connectivity index (χ0) is 13.3. The van der Waals surface area contributed by atoms with Gasteiger partial charge >= 0.3 is 0 Å². The molecule has 17 heavy (non-hydrogen) atoms. The van der Waals surface area contributed by atoms with E-state index in [-0.39, 0.29) is 18.0 Å². The van der Waals surface area contributed by atoms with Crippen LogP contribution < -0.4 is 11.1 Å². The average Bonchev–Trinajstić information content (AvgIpc) is 2.30. The minimum atomic E-state index is -0.363. The average molecular weight is 236 g/mol. The molecule has 0 bridgehead atoms. The van der Waals surface area contributed by atoms with Gasteiger partial charge < -0.3 is 11.1 Å². The first kappa shape index (κ1) is 15.7. The molecular weight excluding hydrogens is 212 g/mol. The third-order valence-corrected chi connectivity index (χ3v) is 2.13. The molecule has 0 fully saturated rings. The zero-order valence-electron chi connectivity index (χ0n) is 11.3. The Morgan fingerprint density at radius 1 is 1.24 bits per heavy atom. The van der Waals surface area contributed by atoms with E-state index in [4.69, 9.17) is 5.73 Å². The number of nitrogens with one attached hydrogen (secondary N) is 1. The lowest BCUT2D eigenvalue weighted by atomic mass is 9.94. The molecule has 3 N–H and O–H groups in total. The lowest BCUT2D eigenvalue weighted by molar-refractivity contribution is -0.121. The van der Waals surface area contributed by atoms with E-state index < -0.39 is 0 Å². The molecule has 0 spiro atoms. The van der Waals surface area contributed by atoms with Crippen LogP contribution in [0, 0.1) is 0 Å². The Hall–Kier alpha value is -1.35. The Bertz CT molecular complexity index is 320. The molecule has 0 aliphatic rings. The fourth-order valence-corrected chi connectivity index (χ4v) is 1.33. The summed E-state index contributed by atoms with van der Waals surface area (Å²) in [5.74, 6) is -0.140. The number of carbonyl (C=O) groups excluding carboxylic acids is 1. The van der Waals surface area contributed by atoms with Crippen LogP contribution in [-0.4, -0.2) is 12.5 Å². The van der Waals surface area contributed by atoms with Crippen LogP contribution in [0.3, 0.4) is 0 Å². The first-order chi connectivity index (χ1) is 7.97. The summed E-state index contributed by atoms with van der Waals surface area (Å²) in [5.41, 5.74) is 5.95. The Labute approximate surface area is 104 Å². The van der Waals surface area contributed by atoms with Crippen molar-refractivity contribution in [1.82, 2.24) is 5.32 Å². The fourth-order valence-electron chi connectivity index (χ4n) is 1.33. The number of benzene rings is 1. The van der Waals surface area contributed by atoms with Crippen LogP contribution in [0.4, 0.5) is 0 Å². The molecule has 3 nitrogen and oxygen atoms in total. The molecule has 1 rings (SSSR count). The van der Waals surface area contributed by atoms with Crippen molar-refractivity contribution in [3.8, 4) is 0 Å². The minimum Gasteiger partial charge on any atom is -0.346 e. The van der Waals surface area contributed by atoms with Crippen LogP contribution in [0.5, 0.6) is 0 Å². The number of nitrogens with two attached hydrogens (primary N) is 1. The van der Waals surface area contributed by atoms with E-state index in [1.165, 1.54) is 6.42 Å². The molecule has 0 aromatic heterocycles. The van der Waals surface area contributed by atoms with E-state index in [1.807, 2.05) is 44.2 Å². The molecule has 0 aliphatic heterocycles. The van der Waals surface area contributed by atoms with Crippen molar-refractivity contribution in [3.05, 3.63) is 35.9 Å². The molecule has 0 unspecified atom stereocenters. The summed E-state index contributed by atoms with van der Waals surface area (Å²) < 4.78 is 0. The van der Waals surface area contributed by atoms with Crippen molar-refractivity contribution >= 4 is 5.91 Å². The quantitative estimate of drug-likeness (QED) is 0.846. The van der Waals surface area contributed by atoms with Gasteiger partial charge in [-0.25, -0.2) is 0 Å². The highest BCUT2D eigenvalue weighted by Gasteiger charge is 2.21. The fraction of sp³-hybridized carbons (Fsp3) is 0.500. The Morgan fingerprint density at radius 3 is 2.12 bits per heavy atom. The van der Waals surface area contributed by atoms with E-state index in [0.717, 1.165) is 5.56 Å². The van der Waals surface area contributed by atoms with E-state index in [1.54, 1.807) is 0 Å². The molecular formula is C14H24N2O. The molecule has 0 saturated carbocycles. The molecule has 1 aromatic rings. The van der Waals surface area contributed by atoms with Gasteiger partial charge in [-0.3, -0.25) is 4.79 Å². The first-order valence-electron chi connectivity index (χ1n) is 6.04. The van der Waals surface area contributed by atoms with Gasteiger partial charge in [-0.05, 0) is 19.4 Å². The highest BCUT2D eigenvalue weighted by Crippen LogP contribution is 2.18. The maximum absolute atomic E-state index is 11.2. The monoisotopic (exact) mass is 236 g/mol. The summed E-state index contributed by atoms with van der Waals surface area (Å²) >= 11 is 0. The second-order valence-corrected chi connectivity index (χ2v) is 4.45. The maximum Gasteiger partial charge on any atom is 0.234 e. The van der Waals surface area contributed by atoms with Gasteiger partial charge in [0.2, 0.25) is 5.91 Å².